The zero-order valence-corrected chi connectivity index (χ0v) is 21.9. The average Bonchev–Trinajstić information content (AvgIpc) is 3.40. The second kappa shape index (κ2) is 10.3. The molecule has 0 saturated heterocycles. The van der Waals surface area contributed by atoms with Gasteiger partial charge in [0.25, 0.3) is 5.91 Å². The normalized spacial score (nSPS) is 16.6. The Balaban J connectivity index is 1.40. The molecule has 1 N–H and O–H groups in total. The number of aryl methyl sites for hydroxylation is 1. The third-order valence-corrected chi connectivity index (χ3v) is 7.72. The van der Waals surface area contributed by atoms with E-state index in [1.54, 1.807) is 6.08 Å². The standard InChI is InChI=1S/C29H31N5OS/c1-4-5-6-7-8-13-26-32-34-27(30)25(28(35)31-29(34)36-26)18-23-16-19(2)33(20(23)3)24-15-14-21-11-9-10-12-22(21)17-24/h9-12,14-18,30H,4-8,13H2,1-3H3/b25-18+,30-27?. The van der Waals surface area contributed by atoms with Crippen LogP contribution in [0.4, 0.5) is 0 Å². The fourth-order valence-corrected chi connectivity index (χ4v) is 5.74. The first kappa shape index (κ1) is 24.3. The first-order valence-corrected chi connectivity index (χ1v) is 13.4. The summed E-state index contributed by atoms with van der Waals surface area (Å²) in [7, 11) is 0. The largest absolute Gasteiger partial charge is 0.318 e. The van der Waals surface area contributed by atoms with Gasteiger partial charge in [-0.3, -0.25) is 10.2 Å². The second-order valence-corrected chi connectivity index (χ2v) is 10.4. The third-order valence-electron chi connectivity index (χ3n) is 6.75. The van der Waals surface area contributed by atoms with Gasteiger partial charge in [0.1, 0.15) is 5.04 Å². The van der Waals surface area contributed by atoms with E-state index >= 15 is 0 Å². The van der Waals surface area contributed by atoms with Gasteiger partial charge >= 0.3 is 0 Å². The first-order chi connectivity index (χ1) is 17.5. The topological polar surface area (TPSA) is 73.8 Å². The molecule has 5 rings (SSSR count). The van der Waals surface area contributed by atoms with Crippen LogP contribution in [-0.2, 0) is 4.79 Å². The van der Waals surface area contributed by atoms with Crippen LogP contribution in [0.5, 0.6) is 0 Å². The maximum Gasteiger partial charge on any atom is 0.283 e. The van der Waals surface area contributed by atoms with Crippen LogP contribution >= 0.6 is 11.8 Å². The molecule has 0 fully saturated rings. The molecule has 1 aromatic heterocycles. The number of amides is 1. The number of amidine groups is 2. The van der Waals surface area contributed by atoms with Gasteiger partial charge in [0.15, 0.2) is 5.84 Å². The van der Waals surface area contributed by atoms with Crippen LogP contribution in [0, 0.1) is 19.3 Å². The molecule has 0 bridgehead atoms. The summed E-state index contributed by atoms with van der Waals surface area (Å²) in [6.07, 6.45) is 8.60. The van der Waals surface area contributed by atoms with Gasteiger partial charge in [-0.2, -0.15) is 15.1 Å². The molecule has 0 radical (unpaired) electrons. The lowest BCUT2D eigenvalue weighted by molar-refractivity contribution is -0.114. The van der Waals surface area contributed by atoms with Crippen LogP contribution in [0.15, 0.2) is 64.2 Å². The van der Waals surface area contributed by atoms with Gasteiger partial charge in [-0.1, -0.05) is 62.9 Å². The van der Waals surface area contributed by atoms with E-state index < -0.39 is 0 Å². The number of rotatable bonds is 8. The van der Waals surface area contributed by atoms with E-state index in [0.29, 0.717) is 5.17 Å². The highest BCUT2D eigenvalue weighted by atomic mass is 32.2. The number of unbranched alkanes of at least 4 members (excludes halogenated alkanes) is 4. The summed E-state index contributed by atoms with van der Waals surface area (Å²) in [6, 6.07) is 16.8. The number of benzene rings is 2. The molecule has 0 unspecified atom stereocenters. The Labute approximate surface area is 216 Å². The molecule has 3 heterocycles. The summed E-state index contributed by atoms with van der Waals surface area (Å²) in [5.41, 5.74) is 4.32. The molecule has 36 heavy (non-hydrogen) atoms. The van der Waals surface area contributed by atoms with Gasteiger partial charge < -0.3 is 4.57 Å². The predicted octanol–water partition coefficient (Wildman–Crippen LogP) is 7.23. The lowest BCUT2D eigenvalue weighted by atomic mass is 10.1. The van der Waals surface area contributed by atoms with Gasteiger partial charge in [0, 0.05) is 17.1 Å². The van der Waals surface area contributed by atoms with Gasteiger partial charge in [-0.05, 0) is 79.1 Å². The van der Waals surface area contributed by atoms with Crippen molar-refractivity contribution in [3.8, 4) is 5.69 Å². The number of aromatic nitrogens is 1. The molecule has 3 aromatic rings. The fraction of sp³-hybridized carbons (Fsp3) is 0.310. The molecule has 0 atom stereocenters. The number of nitrogens with one attached hydrogen (secondary N) is 1. The molecular weight excluding hydrogens is 466 g/mol. The Bertz CT molecular complexity index is 1450. The Morgan fingerprint density at radius 1 is 1.00 bits per heavy atom. The van der Waals surface area contributed by atoms with E-state index in [0.717, 1.165) is 40.5 Å². The van der Waals surface area contributed by atoms with E-state index in [9.17, 15) is 4.79 Å². The summed E-state index contributed by atoms with van der Waals surface area (Å²) in [6.45, 7) is 6.31. The van der Waals surface area contributed by atoms with Gasteiger partial charge in [0.05, 0.1) is 5.57 Å². The monoisotopic (exact) mass is 497 g/mol. The minimum Gasteiger partial charge on any atom is -0.318 e. The zero-order valence-electron chi connectivity index (χ0n) is 21.0. The van der Waals surface area contributed by atoms with Crippen molar-refractivity contribution < 1.29 is 4.79 Å². The molecule has 2 aliphatic rings. The van der Waals surface area contributed by atoms with E-state index in [2.05, 4.69) is 64.9 Å². The summed E-state index contributed by atoms with van der Waals surface area (Å²) in [5, 5.41) is 18.7. The molecule has 1 amide bonds. The van der Waals surface area contributed by atoms with Crippen molar-refractivity contribution in [2.24, 2.45) is 10.1 Å². The Morgan fingerprint density at radius 2 is 1.78 bits per heavy atom. The van der Waals surface area contributed by atoms with Crippen molar-refractivity contribution in [2.75, 3.05) is 0 Å². The SMILES string of the molecule is CCCCCCCC1=NN2C(=N)/C(=C\c3cc(C)n(-c4ccc5ccccc5c4)c3C)C(=O)N=C2S1. The molecule has 0 aliphatic carbocycles. The van der Waals surface area contributed by atoms with Crippen LogP contribution < -0.4 is 0 Å². The molecule has 2 aliphatic heterocycles. The molecule has 7 heteroatoms. The molecular formula is C29H31N5OS. The van der Waals surface area contributed by atoms with Crippen LogP contribution in [-0.4, -0.2) is 31.5 Å². The quantitative estimate of drug-likeness (QED) is 0.264. The van der Waals surface area contributed by atoms with E-state index in [1.807, 2.05) is 19.1 Å². The number of carbonyl (C=O) groups excluding carboxylic acids is 1. The van der Waals surface area contributed by atoms with Crippen LogP contribution in [0.25, 0.3) is 22.5 Å². The second-order valence-electron chi connectivity index (χ2n) is 9.37. The van der Waals surface area contributed by atoms with Crippen LogP contribution in [0.3, 0.4) is 0 Å². The van der Waals surface area contributed by atoms with Crippen molar-refractivity contribution >= 4 is 50.6 Å². The Morgan fingerprint density at radius 3 is 2.58 bits per heavy atom. The summed E-state index contributed by atoms with van der Waals surface area (Å²) in [5.74, 6) is -0.289. The maximum atomic E-state index is 12.9. The molecule has 0 saturated carbocycles. The summed E-state index contributed by atoms with van der Waals surface area (Å²) >= 11 is 1.41. The molecule has 2 aromatic carbocycles. The summed E-state index contributed by atoms with van der Waals surface area (Å²) in [4.78, 5) is 17.2. The van der Waals surface area contributed by atoms with Crippen molar-refractivity contribution in [3.05, 3.63) is 71.1 Å². The van der Waals surface area contributed by atoms with Crippen molar-refractivity contribution in [2.45, 2.75) is 59.3 Å². The van der Waals surface area contributed by atoms with E-state index in [-0.39, 0.29) is 17.3 Å². The first-order valence-electron chi connectivity index (χ1n) is 12.6. The number of hydrazone groups is 1. The Hall–Kier alpha value is -3.45. The average molecular weight is 498 g/mol. The minimum absolute atomic E-state index is 0.0917. The molecule has 184 valence electrons. The number of fused-ring (bicyclic) bond motifs is 2. The fourth-order valence-electron chi connectivity index (χ4n) is 4.81. The van der Waals surface area contributed by atoms with Crippen LogP contribution in [0.1, 0.15) is 62.4 Å². The van der Waals surface area contributed by atoms with Crippen LogP contribution in [0.2, 0.25) is 0 Å². The number of thioether (sulfide) groups is 1. The molecule has 6 nitrogen and oxygen atoms in total. The highest BCUT2D eigenvalue weighted by Gasteiger charge is 2.35. The third kappa shape index (κ3) is 4.67. The van der Waals surface area contributed by atoms with Crippen molar-refractivity contribution in [1.82, 2.24) is 9.58 Å². The number of hydrogen-bond acceptors (Lipinski definition) is 4. The lowest BCUT2D eigenvalue weighted by Gasteiger charge is -2.20. The van der Waals surface area contributed by atoms with Crippen molar-refractivity contribution in [3.63, 3.8) is 0 Å². The van der Waals surface area contributed by atoms with Gasteiger partial charge in [-0.15, -0.1) is 0 Å². The number of nitrogens with zero attached hydrogens (tertiary/aromatic N) is 4. The predicted molar refractivity (Wildman–Crippen MR) is 151 cm³/mol. The summed E-state index contributed by atoms with van der Waals surface area (Å²) < 4.78 is 2.19. The number of carbonyl (C=O) groups is 1. The van der Waals surface area contributed by atoms with Gasteiger partial charge in [-0.25, -0.2) is 0 Å². The minimum atomic E-state index is -0.381. The zero-order chi connectivity index (χ0) is 25.2. The van der Waals surface area contributed by atoms with Gasteiger partial charge in [0.2, 0.25) is 5.17 Å². The maximum absolute atomic E-state index is 12.9. The number of hydrogen-bond donors (Lipinski definition) is 1. The Kier molecular flexibility index (Phi) is 6.92. The highest BCUT2D eigenvalue weighted by Crippen LogP contribution is 2.31. The van der Waals surface area contributed by atoms with E-state index in [4.69, 9.17) is 5.41 Å². The van der Waals surface area contributed by atoms with E-state index in [1.165, 1.54) is 53.2 Å². The van der Waals surface area contributed by atoms with Crippen molar-refractivity contribution in [1.29, 1.82) is 5.41 Å². The smallest absolute Gasteiger partial charge is 0.283 e. The highest BCUT2D eigenvalue weighted by molar-refractivity contribution is 8.26. The molecule has 0 spiro atoms. The number of aliphatic imine (C=N–C) groups is 1. The lowest BCUT2D eigenvalue weighted by Crippen LogP contribution is -2.35.